The highest BCUT2D eigenvalue weighted by Crippen LogP contribution is 2.29. The number of nitro groups is 1. The first kappa shape index (κ1) is 18.3. The Hall–Kier alpha value is -3.09. The van der Waals surface area contributed by atoms with Gasteiger partial charge in [-0.15, -0.1) is 0 Å². The number of nitro benzene ring substituents is 1. The predicted molar refractivity (Wildman–Crippen MR) is 90.8 cm³/mol. The van der Waals surface area contributed by atoms with Crippen LogP contribution in [0.5, 0.6) is 5.75 Å². The molecule has 0 amide bonds. The van der Waals surface area contributed by atoms with Crippen LogP contribution in [0.4, 0.5) is 10.5 Å². The number of nitrogens with zero attached hydrogens (tertiary/aromatic N) is 1. The average molecular weight is 345 g/mol. The van der Waals surface area contributed by atoms with Crippen LogP contribution >= 0.6 is 0 Å². The summed E-state index contributed by atoms with van der Waals surface area (Å²) in [6, 6.07) is 12.5. The summed E-state index contributed by atoms with van der Waals surface area (Å²) in [5.41, 5.74) is 1.03. The van der Waals surface area contributed by atoms with E-state index in [4.69, 9.17) is 14.6 Å². The van der Waals surface area contributed by atoms with Gasteiger partial charge in [0.25, 0.3) is 5.69 Å². The highest BCUT2D eigenvalue weighted by Gasteiger charge is 2.20. The predicted octanol–water partition coefficient (Wildman–Crippen LogP) is 4.41. The maximum Gasteiger partial charge on any atom is 0.506 e. The van der Waals surface area contributed by atoms with Crippen LogP contribution in [0.3, 0.4) is 0 Å². The Balaban J connectivity index is 2.24. The maximum absolute atomic E-state index is 11.0. The van der Waals surface area contributed by atoms with Crippen molar-refractivity contribution in [3.8, 4) is 5.75 Å². The number of benzene rings is 2. The van der Waals surface area contributed by atoms with Gasteiger partial charge >= 0.3 is 6.16 Å². The third-order valence-electron chi connectivity index (χ3n) is 3.39. The molecule has 1 atom stereocenters. The van der Waals surface area contributed by atoms with Crippen molar-refractivity contribution in [2.24, 2.45) is 5.92 Å². The molecule has 0 saturated heterocycles. The SMILES string of the molecule is CC(C)COc1ccc(C(OC(=O)O)c2ccc([N+](=O)[O-])cc2)cc1. The molecule has 0 aliphatic heterocycles. The Labute approximate surface area is 145 Å². The molecule has 7 heteroatoms. The number of rotatable bonds is 7. The zero-order valence-electron chi connectivity index (χ0n) is 13.9. The summed E-state index contributed by atoms with van der Waals surface area (Å²) in [7, 11) is 0. The molecule has 132 valence electrons. The Bertz CT molecular complexity index is 724. The van der Waals surface area contributed by atoms with Gasteiger partial charge in [0.2, 0.25) is 0 Å². The minimum Gasteiger partial charge on any atom is -0.493 e. The summed E-state index contributed by atoms with van der Waals surface area (Å²) in [4.78, 5) is 21.2. The van der Waals surface area contributed by atoms with Gasteiger partial charge < -0.3 is 14.6 Å². The number of non-ortho nitro benzene ring substituents is 1. The second-order valence-corrected chi connectivity index (χ2v) is 5.89. The average Bonchev–Trinajstić information content (AvgIpc) is 2.58. The number of hydrogen-bond acceptors (Lipinski definition) is 5. The van der Waals surface area contributed by atoms with Gasteiger partial charge in [-0.25, -0.2) is 4.79 Å². The number of carbonyl (C=O) groups is 1. The van der Waals surface area contributed by atoms with Crippen molar-refractivity contribution in [3.05, 3.63) is 69.8 Å². The van der Waals surface area contributed by atoms with E-state index in [1.165, 1.54) is 24.3 Å². The van der Waals surface area contributed by atoms with Gasteiger partial charge in [-0.3, -0.25) is 10.1 Å². The van der Waals surface area contributed by atoms with Gasteiger partial charge in [0.15, 0.2) is 6.10 Å². The molecule has 0 aliphatic carbocycles. The van der Waals surface area contributed by atoms with Crippen molar-refractivity contribution in [1.29, 1.82) is 0 Å². The summed E-state index contributed by atoms with van der Waals surface area (Å²) in [5.74, 6) is 1.07. The molecule has 1 unspecified atom stereocenters. The first-order valence-corrected chi connectivity index (χ1v) is 7.73. The van der Waals surface area contributed by atoms with Crippen LogP contribution in [0, 0.1) is 16.0 Å². The van der Waals surface area contributed by atoms with Crippen LogP contribution in [0.15, 0.2) is 48.5 Å². The lowest BCUT2D eigenvalue weighted by atomic mass is 10.0. The lowest BCUT2D eigenvalue weighted by molar-refractivity contribution is -0.384. The lowest BCUT2D eigenvalue weighted by Crippen LogP contribution is -2.11. The molecule has 0 radical (unpaired) electrons. The van der Waals surface area contributed by atoms with Crippen LogP contribution < -0.4 is 4.74 Å². The second-order valence-electron chi connectivity index (χ2n) is 5.89. The highest BCUT2D eigenvalue weighted by molar-refractivity contribution is 5.58. The van der Waals surface area contributed by atoms with Gasteiger partial charge in [0, 0.05) is 12.1 Å². The van der Waals surface area contributed by atoms with Crippen molar-refractivity contribution in [3.63, 3.8) is 0 Å². The first-order chi connectivity index (χ1) is 11.9. The zero-order valence-corrected chi connectivity index (χ0v) is 13.9. The van der Waals surface area contributed by atoms with E-state index in [1.807, 2.05) is 13.8 Å². The molecule has 0 fully saturated rings. The Morgan fingerprint density at radius 2 is 1.60 bits per heavy atom. The van der Waals surface area contributed by atoms with Crippen LogP contribution in [0.2, 0.25) is 0 Å². The van der Waals surface area contributed by atoms with Crippen LogP contribution in [-0.4, -0.2) is 22.8 Å². The fourth-order valence-corrected chi connectivity index (χ4v) is 2.20. The molecular formula is C18H19NO6. The molecule has 0 saturated carbocycles. The third kappa shape index (κ3) is 5.20. The van der Waals surface area contributed by atoms with E-state index in [9.17, 15) is 14.9 Å². The maximum atomic E-state index is 11.0. The molecule has 0 heterocycles. The van der Waals surface area contributed by atoms with E-state index < -0.39 is 17.2 Å². The van der Waals surface area contributed by atoms with E-state index in [0.29, 0.717) is 29.4 Å². The van der Waals surface area contributed by atoms with Crippen LogP contribution in [0.1, 0.15) is 31.1 Å². The van der Waals surface area contributed by atoms with Crippen molar-refractivity contribution in [2.75, 3.05) is 6.61 Å². The molecule has 2 rings (SSSR count). The minimum absolute atomic E-state index is 0.0738. The van der Waals surface area contributed by atoms with Crippen molar-refractivity contribution in [2.45, 2.75) is 20.0 Å². The number of hydrogen-bond donors (Lipinski definition) is 1. The normalized spacial score (nSPS) is 11.8. The molecule has 2 aromatic rings. The number of ether oxygens (including phenoxy) is 2. The molecule has 0 aromatic heterocycles. The van der Waals surface area contributed by atoms with Crippen molar-refractivity contribution < 1.29 is 24.3 Å². The van der Waals surface area contributed by atoms with E-state index in [2.05, 4.69) is 0 Å². The zero-order chi connectivity index (χ0) is 18.4. The highest BCUT2D eigenvalue weighted by atomic mass is 16.7. The Morgan fingerprint density at radius 3 is 2.04 bits per heavy atom. The lowest BCUT2D eigenvalue weighted by Gasteiger charge is -2.17. The van der Waals surface area contributed by atoms with E-state index >= 15 is 0 Å². The molecule has 0 aliphatic rings. The largest absolute Gasteiger partial charge is 0.506 e. The Kier molecular flexibility index (Phi) is 5.94. The van der Waals surface area contributed by atoms with Gasteiger partial charge in [-0.1, -0.05) is 26.0 Å². The summed E-state index contributed by atoms with van der Waals surface area (Å²) < 4.78 is 10.6. The molecule has 25 heavy (non-hydrogen) atoms. The Morgan fingerprint density at radius 1 is 1.08 bits per heavy atom. The molecule has 7 nitrogen and oxygen atoms in total. The van der Waals surface area contributed by atoms with Gasteiger partial charge in [0.05, 0.1) is 11.5 Å². The second kappa shape index (κ2) is 8.14. The monoisotopic (exact) mass is 345 g/mol. The fourth-order valence-electron chi connectivity index (χ4n) is 2.20. The topological polar surface area (TPSA) is 98.9 Å². The summed E-state index contributed by atoms with van der Waals surface area (Å²) >= 11 is 0. The summed E-state index contributed by atoms with van der Waals surface area (Å²) in [6.07, 6.45) is -2.30. The fraction of sp³-hybridized carbons (Fsp3) is 0.278. The minimum atomic E-state index is -1.43. The van der Waals surface area contributed by atoms with Crippen LogP contribution in [0.25, 0.3) is 0 Å². The third-order valence-corrected chi connectivity index (χ3v) is 3.39. The van der Waals surface area contributed by atoms with Crippen LogP contribution in [-0.2, 0) is 4.74 Å². The molecular weight excluding hydrogens is 326 g/mol. The van der Waals surface area contributed by atoms with E-state index in [1.54, 1.807) is 24.3 Å². The summed E-state index contributed by atoms with van der Waals surface area (Å²) in [6.45, 7) is 4.66. The first-order valence-electron chi connectivity index (χ1n) is 7.73. The molecule has 1 N–H and O–H groups in total. The standard InChI is InChI=1S/C18H19NO6/c1-12(2)11-24-16-9-5-14(6-10-16)17(25-18(20)21)13-3-7-15(8-4-13)19(22)23/h3-10,12,17H,11H2,1-2H3,(H,20,21). The van der Waals surface area contributed by atoms with Gasteiger partial charge in [-0.2, -0.15) is 0 Å². The van der Waals surface area contributed by atoms with Gasteiger partial charge in [-0.05, 0) is 41.3 Å². The van der Waals surface area contributed by atoms with Gasteiger partial charge in [0.1, 0.15) is 5.75 Å². The van der Waals surface area contributed by atoms with Crippen molar-refractivity contribution >= 4 is 11.8 Å². The quantitative estimate of drug-likeness (QED) is 0.453. The number of carboxylic acid groups (broad SMARTS) is 1. The molecule has 0 spiro atoms. The summed E-state index contributed by atoms with van der Waals surface area (Å²) in [5, 5.41) is 19.7. The van der Waals surface area contributed by atoms with E-state index in [0.717, 1.165) is 0 Å². The molecule has 2 aromatic carbocycles. The van der Waals surface area contributed by atoms with E-state index in [-0.39, 0.29) is 5.69 Å². The molecule has 0 bridgehead atoms. The van der Waals surface area contributed by atoms with Crippen molar-refractivity contribution in [1.82, 2.24) is 0 Å². The smallest absolute Gasteiger partial charge is 0.493 e.